The van der Waals surface area contributed by atoms with Crippen molar-refractivity contribution in [3.05, 3.63) is 28.2 Å². The average molecular weight is 376 g/mol. The monoisotopic (exact) mass is 375 g/mol. The molecule has 2 unspecified atom stereocenters. The van der Waals surface area contributed by atoms with Gasteiger partial charge in [-0.3, -0.25) is 9.52 Å². The van der Waals surface area contributed by atoms with Crippen molar-refractivity contribution in [3.8, 4) is 0 Å². The van der Waals surface area contributed by atoms with Crippen molar-refractivity contribution in [1.82, 2.24) is 0 Å². The second-order valence-corrected chi connectivity index (χ2v) is 9.72. The Balaban J connectivity index is 1.88. The van der Waals surface area contributed by atoms with Crippen LogP contribution in [0.25, 0.3) is 0 Å². The molecule has 2 saturated carbocycles. The number of ketones is 1. The summed E-state index contributed by atoms with van der Waals surface area (Å²) in [7, 11) is -3.70. The van der Waals surface area contributed by atoms with Crippen LogP contribution in [0.1, 0.15) is 33.1 Å². The third-order valence-electron chi connectivity index (χ3n) is 5.77. The van der Waals surface area contributed by atoms with E-state index in [1.807, 2.05) is 13.8 Å². The second-order valence-electron chi connectivity index (χ2n) is 7.15. The Morgan fingerprint density at radius 3 is 2.52 bits per heavy atom. The summed E-state index contributed by atoms with van der Waals surface area (Å²) in [6.45, 7) is 4.03. The number of benzene rings is 1. The molecule has 0 heterocycles. The predicted octanol–water partition coefficient (Wildman–Crippen LogP) is 4.13. The Kier molecular flexibility index (Phi) is 3.98. The summed E-state index contributed by atoms with van der Waals surface area (Å²) in [5, 5.41) is 0.669. The highest BCUT2D eigenvalue weighted by molar-refractivity contribution is 7.92. The Labute approximate surface area is 146 Å². The molecular formula is C16H19Cl2NO3S. The Morgan fingerprint density at radius 1 is 1.30 bits per heavy atom. The van der Waals surface area contributed by atoms with Gasteiger partial charge in [0.05, 0.1) is 21.9 Å². The molecule has 2 aliphatic rings. The van der Waals surface area contributed by atoms with Crippen LogP contribution in [0.2, 0.25) is 10.0 Å². The van der Waals surface area contributed by atoms with Crippen molar-refractivity contribution in [3.63, 3.8) is 0 Å². The molecule has 23 heavy (non-hydrogen) atoms. The van der Waals surface area contributed by atoms with Crippen molar-refractivity contribution >= 4 is 44.7 Å². The van der Waals surface area contributed by atoms with E-state index in [-0.39, 0.29) is 33.6 Å². The first-order valence-electron chi connectivity index (χ1n) is 7.56. The Bertz CT molecular complexity index is 776. The lowest BCUT2D eigenvalue weighted by Gasteiger charge is -2.36. The van der Waals surface area contributed by atoms with E-state index in [1.165, 1.54) is 12.1 Å². The van der Waals surface area contributed by atoms with E-state index in [0.29, 0.717) is 17.9 Å². The number of halogens is 2. The largest absolute Gasteiger partial charge is 0.299 e. The van der Waals surface area contributed by atoms with Gasteiger partial charge in [0, 0.05) is 11.4 Å². The summed E-state index contributed by atoms with van der Waals surface area (Å²) < 4.78 is 27.8. The van der Waals surface area contributed by atoms with E-state index >= 15 is 0 Å². The number of hydrogen-bond donors (Lipinski definition) is 1. The number of carbonyl (C=O) groups excluding carboxylic acids is 1. The first-order valence-corrected chi connectivity index (χ1v) is 9.97. The average Bonchev–Trinajstić information content (AvgIpc) is 2.75. The molecule has 0 amide bonds. The van der Waals surface area contributed by atoms with Crippen LogP contribution >= 0.6 is 23.2 Å². The first-order chi connectivity index (χ1) is 10.6. The maximum atomic E-state index is 12.7. The van der Waals surface area contributed by atoms with Crippen LogP contribution in [0.15, 0.2) is 18.2 Å². The van der Waals surface area contributed by atoms with Crippen LogP contribution in [-0.2, 0) is 14.8 Å². The molecule has 0 saturated heterocycles. The molecule has 126 valence electrons. The van der Waals surface area contributed by atoms with Crippen LogP contribution in [0, 0.1) is 16.7 Å². The summed E-state index contributed by atoms with van der Waals surface area (Å²) in [6, 6.07) is 4.58. The zero-order valence-electron chi connectivity index (χ0n) is 13.0. The van der Waals surface area contributed by atoms with Crippen LogP contribution in [0.4, 0.5) is 5.69 Å². The molecule has 0 aromatic heterocycles. The highest BCUT2D eigenvalue weighted by Crippen LogP contribution is 2.64. The SMILES string of the molecule is CC1(C)C2CCC1(CS(=O)(=O)Nc1ccc(Cl)cc1Cl)C(=O)C2. The molecule has 2 fully saturated rings. The Morgan fingerprint density at radius 2 is 2.00 bits per heavy atom. The van der Waals surface area contributed by atoms with Gasteiger partial charge in [0.15, 0.2) is 0 Å². The maximum absolute atomic E-state index is 12.7. The molecule has 1 aromatic carbocycles. The van der Waals surface area contributed by atoms with Gasteiger partial charge in [-0.25, -0.2) is 8.42 Å². The summed E-state index contributed by atoms with van der Waals surface area (Å²) in [4.78, 5) is 12.5. The third kappa shape index (κ3) is 2.67. The number of fused-ring (bicyclic) bond motifs is 2. The van der Waals surface area contributed by atoms with E-state index in [1.54, 1.807) is 6.07 Å². The third-order valence-corrected chi connectivity index (χ3v) is 7.72. The van der Waals surface area contributed by atoms with Crippen LogP contribution in [0.5, 0.6) is 0 Å². The predicted molar refractivity (Wildman–Crippen MR) is 92.4 cm³/mol. The van der Waals surface area contributed by atoms with Crippen LogP contribution < -0.4 is 4.72 Å². The molecule has 1 N–H and O–H groups in total. The minimum atomic E-state index is -3.70. The van der Waals surface area contributed by atoms with E-state index in [9.17, 15) is 13.2 Å². The molecular weight excluding hydrogens is 357 g/mol. The molecule has 1 aromatic rings. The van der Waals surface area contributed by atoms with Gasteiger partial charge in [-0.15, -0.1) is 0 Å². The van der Waals surface area contributed by atoms with Crippen LogP contribution in [0.3, 0.4) is 0 Å². The van der Waals surface area contributed by atoms with Gasteiger partial charge < -0.3 is 0 Å². The van der Waals surface area contributed by atoms with Crippen LogP contribution in [-0.4, -0.2) is 20.0 Å². The van der Waals surface area contributed by atoms with Gasteiger partial charge in [0.2, 0.25) is 10.0 Å². The number of anilines is 1. The lowest BCUT2D eigenvalue weighted by atomic mass is 9.70. The van der Waals surface area contributed by atoms with Crippen molar-refractivity contribution in [1.29, 1.82) is 0 Å². The van der Waals surface area contributed by atoms with Gasteiger partial charge in [-0.2, -0.15) is 0 Å². The number of hydrogen-bond acceptors (Lipinski definition) is 3. The van der Waals surface area contributed by atoms with Gasteiger partial charge in [-0.05, 0) is 42.4 Å². The minimum absolute atomic E-state index is 0.0753. The lowest BCUT2D eigenvalue weighted by molar-refractivity contribution is -0.128. The van der Waals surface area contributed by atoms with E-state index in [0.717, 1.165) is 6.42 Å². The summed E-state index contributed by atoms with van der Waals surface area (Å²) >= 11 is 11.9. The first kappa shape index (κ1) is 17.1. The number of rotatable bonds is 4. The summed E-state index contributed by atoms with van der Waals surface area (Å²) in [6.07, 6.45) is 2.04. The number of carbonyl (C=O) groups is 1. The molecule has 2 bridgehead atoms. The minimum Gasteiger partial charge on any atom is -0.299 e. The molecule has 4 nitrogen and oxygen atoms in total. The molecule has 2 aliphatic carbocycles. The lowest BCUT2D eigenvalue weighted by Crippen LogP contribution is -2.43. The standard InChI is InChI=1S/C16H19Cl2NO3S/c1-15(2)10-5-6-16(15,14(20)7-10)9-23(21,22)19-13-4-3-11(17)8-12(13)18/h3-4,8,10,19H,5-7,9H2,1-2H3. The summed E-state index contributed by atoms with van der Waals surface area (Å²) in [5.41, 5.74) is -0.796. The van der Waals surface area contributed by atoms with E-state index in [4.69, 9.17) is 23.2 Å². The second kappa shape index (κ2) is 5.36. The molecule has 3 rings (SSSR count). The zero-order chi connectivity index (χ0) is 17.0. The van der Waals surface area contributed by atoms with E-state index < -0.39 is 15.4 Å². The van der Waals surface area contributed by atoms with Gasteiger partial charge in [0.25, 0.3) is 0 Å². The van der Waals surface area contributed by atoms with Gasteiger partial charge >= 0.3 is 0 Å². The Hall–Kier alpha value is -0.780. The highest BCUT2D eigenvalue weighted by Gasteiger charge is 2.65. The fourth-order valence-electron chi connectivity index (χ4n) is 4.21. The number of sulfonamides is 1. The molecule has 0 radical (unpaired) electrons. The van der Waals surface area contributed by atoms with E-state index in [2.05, 4.69) is 4.72 Å². The fraction of sp³-hybridized carbons (Fsp3) is 0.562. The van der Waals surface area contributed by atoms with Gasteiger partial charge in [-0.1, -0.05) is 37.0 Å². The molecule has 2 atom stereocenters. The molecule has 0 aliphatic heterocycles. The van der Waals surface area contributed by atoms with Crippen molar-refractivity contribution in [2.45, 2.75) is 33.1 Å². The van der Waals surface area contributed by atoms with Gasteiger partial charge in [0.1, 0.15) is 5.78 Å². The quantitative estimate of drug-likeness (QED) is 0.860. The normalized spacial score (nSPS) is 29.0. The topological polar surface area (TPSA) is 63.2 Å². The number of Topliss-reactive ketones (excluding diaryl/α,β-unsaturated/α-hetero) is 1. The smallest absolute Gasteiger partial charge is 0.233 e. The summed E-state index contributed by atoms with van der Waals surface area (Å²) in [5.74, 6) is 0.164. The zero-order valence-corrected chi connectivity index (χ0v) is 15.4. The van der Waals surface area contributed by atoms with Crippen molar-refractivity contribution in [2.24, 2.45) is 16.7 Å². The number of nitrogens with one attached hydrogen (secondary N) is 1. The fourth-order valence-corrected chi connectivity index (χ4v) is 6.63. The van der Waals surface area contributed by atoms with Crippen molar-refractivity contribution < 1.29 is 13.2 Å². The highest BCUT2D eigenvalue weighted by atomic mass is 35.5. The maximum Gasteiger partial charge on any atom is 0.233 e. The van der Waals surface area contributed by atoms with Crippen molar-refractivity contribution in [2.75, 3.05) is 10.5 Å². The molecule has 0 spiro atoms. The molecule has 7 heteroatoms.